The Morgan fingerprint density at radius 2 is 2.28 bits per heavy atom. The number of nitrogens with zero attached hydrogens (tertiary/aromatic N) is 1. The van der Waals surface area contributed by atoms with E-state index in [1.807, 2.05) is 0 Å². The Morgan fingerprint density at radius 1 is 1.39 bits per heavy atom. The van der Waals surface area contributed by atoms with Gasteiger partial charge >= 0.3 is 0 Å². The van der Waals surface area contributed by atoms with Gasteiger partial charge in [-0.05, 0) is 31.0 Å². The lowest BCUT2D eigenvalue weighted by molar-refractivity contribution is 0.0282. The number of morpholine rings is 1. The average Bonchev–Trinajstić information content (AvgIpc) is 2.73. The molecule has 2 aromatic rings. The summed E-state index contributed by atoms with van der Waals surface area (Å²) in [4.78, 5) is 8.09. The van der Waals surface area contributed by atoms with Crippen molar-refractivity contribution in [3.05, 3.63) is 29.1 Å². The van der Waals surface area contributed by atoms with Crippen molar-refractivity contribution in [2.45, 2.75) is 26.4 Å². The molecule has 1 aromatic carbocycles. The quantitative estimate of drug-likeness (QED) is 0.847. The number of hydrogen-bond acceptors (Lipinski definition) is 3. The second-order valence-corrected chi connectivity index (χ2v) is 5.06. The number of aromatic nitrogens is 2. The highest BCUT2D eigenvalue weighted by atomic mass is 16.5. The van der Waals surface area contributed by atoms with E-state index in [9.17, 15) is 0 Å². The number of nitrogens with one attached hydrogen (secondary N) is 2. The predicted octanol–water partition coefficient (Wildman–Crippen LogP) is 1.71. The van der Waals surface area contributed by atoms with Crippen LogP contribution in [0.25, 0.3) is 11.0 Å². The number of ether oxygens (including phenoxy) is 1. The number of aryl methyl sites for hydroxylation is 2. The second-order valence-electron chi connectivity index (χ2n) is 5.06. The third-order valence-corrected chi connectivity index (χ3v) is 3.40. The van der Waals surface area contributed by atoms with Gasteiger partial charge in [-0.25, -0.2) is 4.98 Å². The number of benzene rings is 1. The number of aromatic amines is 1. The van der Waals surface area contributed by atoms with Crippen LogP contribution in [-0.2, 0) is 11.2 Å². The van der Waals surface area contributed by atoms with Crippen molar-refractivity contribution in [1.29, 1.82) is 0 Å². The minimum atomic E-state index is 0.237. The Kier molecular flexibility index (Phi) is 3.06. The van der Waals surface area contributed by atoms with Crippen LogP contribution >= 0.6 is 0 Å². The van der Waals surface area contributed by atoms with Gasteiger partial charge in [0.25, 0.3) is 0 Å². The standard InChI is InChI=1S/C14H19N3O/c1-9-5-10(2)14-12(6-9)16-13(17-14)7-11-8-15-3-4-18-11/h5-6,11,15H,3-4,7-8H2,1-2H3,(H,16,17). The van der Waals surface area contributed by atoms with Crippen LogP contribution in [0.1, 0.15) is 17.0 Å². The van der Waals surface area contributed by atoms with Gasteiger partial charge in [0.05, 0.1) is 23.7 Å². The lowest BCUT2D eigenvalue weighted by atomic mass is 10.1. The van der Waals surface area contributed by atoms with E-state index in [1.54, 1.807) is 0 Å². The molecule has 4 heteroatoms. The van der Waals surface area contributed by atoms with Gasteiger partial charge in [0.15, 0.2) is 0 Å². The molecule has 1 unspecified atom stereocenters. The SMILES string of the molecule is Cc1cc(C)c2nc(CC3CNCCO3)[nH]c2c1. The largest absolute Gasteiger partial charge is 0.375 e. The fraction of sp³-hybridized carbons (Fsp3) is 0.500. The fourth-order valence-electron chi connectivity index (χ4n) is 2.59. The molecular formula is C14H19N3O. The average molecular weight is 245 g/mol. The molecule has 2 N–H and O–H groups in total. The van der Waals surface area contributed by atoms with Gasteiger partial charge < -0.3 is 15.0 Å². The third kappa shape index (κ3) is 2.26. The summed E-state index contributed by atoms with van der Waals surface area (Å²) in [5.74, 6) is 1.02. The summed E-state index contributed by atoms with van der Waals surface area (Å²) in [5, 5.41) is 3.34. The molecule has 1 atom stereocenters. The zero-order chi connectivity index (χ0) is 12.5. The summed E-state index contributed by atoms with van der Waals surface area (Å²) in [6.45, 7) is 6.88. The first-order valence-corrected chi connectivity index (χ1v) is 6.50. The van der Waals surface area contributed by atoms with Crippen LogP contribution < -0.4 is 5.32 Å². The lowest BCUT2D eigenvalue weighted by Crippen LogP contribution is -2.39. The molecule has 18 heavy (non-hydrogen) atoms. The van der Waals surface area contributed by atoms with Gasteiger partial charge in [0.1, 0.15) is 5.82 Å². The summed E-state index contributed by atoms with van der Waals surface area (Å²) >= 11 is 0. The van der Waals surface area contributed by atoms with Gasteiger partial charge in [-0.3, -0.25) is 0 Å². The Bertz CT molecular complexity index is 555. The molecule has 4 nitrogen and oxygen atoms in total. The van der Waals surface area contributed by atoms with Crippen LogP contribution in [-0.4, -0.2) is 35.8 Å². The van der Waals surface area contributed by atoms with E-state index in [4.69, 9.17) is 4.74 Å². The first-order valence-electron chi connectivity index (χ1n) is 6.50. The van der Waals surface area contributed by atoms with Crippen LogP contribution in [0.4, 0.5) is 0 Å². The molecule has 0 amide bonds. The number of rotatable bonds is 2. The second kappa shape index (κ2) is 4.71. The van der Waals surface area contributed by atoms with Crippen LogP contribution in [0, 0.1) is 13.8 Å². The molecular weight excluding hydrogens is 226 g/mol. The maximum Gasteiger partial charge on any atom is 0.109 e. The van der Waals surface area contributed by atoms with Gasteiger partial charge in [-0.1, -0.05) is 6.07 Å². The highest BCUT2D eigenvalue weighted by molar-refractivity contribution is 5.79. The number of imidazole rings is 1. The zero-order valence-electron chi connectivity index (χ0n) is 10.9. The third-order valence-electron chi connectivity index (χ3n) is 3.40. The van der Waals surface area contributed by atoms with Crippen molar-refractivity contribution in [2.24, 2.45) is 0 Å². The topological polar surface area (TPSA) is 49.9 Å². The van der Waals surface area contributed by atoms with E-state index in [0.29, 0.717) is 0 Å². The lowest BCUT2D eigenvalue weighted by Gasteiger charge is -2.22. The van der Waals surface area contributed by atoms with Crippen LogP contribution in [0.5, 0.6) is 0 Å². The molecule has 1 saturated heterocycles. The Hall–Kier alpha value is -1.39. The van der Waals surface area contributed by atoms with E-state index < -0.39 is 0 Å². The van der Waals surface area contributed by atoms with Gasteiger partial charge in [-0.15, -0.1) is 0 Å². The van der Waals surface area contributed by atoms with Crippen molar-refractivity contribution in [2.75, 3.05) is 19.7 Å². The molecule has 3 rings (SSSR count). The molecule has 1 aromatic heterocycles. The van der Waals surface area contributed by atoms with Crippen molar-refractivity contribution >= 4 is 11.0 Å². The summed E-state index contributed by atoms with van der Waals surface area (Å²) in [6, 6.07) is 4.32. The van der Waals surface area contributed by atoms with E-state index in [0.717, 1.165) is 43.0 Å². The first kappa shape index (κ1) is 11.7. The van der Waals surface area contributed by atoms with E-state index in [2.05, 4.69) is 41.3 Å². The molecule has 1 aliphatic rings. The summed E-state index contributed by atoms with van der Waals surface area (Å²) < 4.78 is 5.71. The fourth-order valence-corrected chi connectivity index (χ4v) is 2.59. The minimum Gasteiger partial charge on any atom is -0.375 e. The summed E-state index contributed by atoms with van der Waals surface area (Å²) in [6.07, 6.45) is 1.08. The van der Waals surface area contributed by atoms with Gasteiger partial charge in [0.2, 0.25) is 0 Å². The summed E-state index contributed by atoms with van der Waals surface area (Å²) in [7, 11) is 0. The number of hydrogen-bond donors (Lipinski definition) is 2. The van der Waals surface area contributed by atoms with Crippen molar-refractivity contribution in [3.63, 3.8) is 0 Å². The van der Waals surface area contributed by atoms with Gasteiger partial charge in [0, 0.05) is 19.5 Å². The Balaban J connectivity index is 1.86. The predicted molar refractivity (Wildman–Crippen MR) is 71.9 cm³/mol. The first-order chi connectivity index (χ1) is 8.72. The number of fused-ring (bicyclic) bond motifs is 1. The Morgan fingerprint density at radius 3 is 3.06 bits per heavy atom. The number of H-pyrrole nitrogens is 1. The monoisotopic (exact) mass is 245 g/mol. The highest BCUT2D eigenvalue weighted by Gasteiger charge is 2.16. The Labute approximate surface area is 107 Å². The zero-order valence-corrected chi connectivity index (χ0v) is 10.9. The van der Waals surface area contributed by atoms with E-state index in [1.165, 1.54) is 11.1 Å². The van der Waals surface area contributed by atoms with E-state index >= 15 is 0 Å². The van der Waals surface area contributed by atoms with Crippen molar-refractivity contribution in [1.82, 2.24) is 15.3 Å². The van der Waals surface area contributed by atoms with Crippen molar-refractivity contribution in [3.8, 4) is 0 Å². The maximum atomic E-state index is 5.71. The normalized spacial score (nSPS) is 20.4. The minimum absolute atomic E-state index is 0.237. The van der Waals surface area contributed by atoms with Gasteiger partial charge in [-0.2, -0.15) is 0 Å². The van der Waals surface area contributed by atoms with Crippen LogP contribution in [0.3, 0.4) is 0 Å². The molecule has 0 saturated carbocycles. The van der Waals surface area contributed by atoms with Crippen molar-refractivity contribution < 1.29 is 4.74 Å². The highest BCUT2D eigenvalue weighted by Crippen LogP contribution is 2.19. The molecule has 0 spiro atoms. The molecule has 1 fully saturated rings. The molecule has 96 valence electrons. The molecule has 0 radical (unpaired) electrons. The smallest absolute Gasteiger partial charge is 0.109 e. The van der Waals surface area contributed by atoms with Crippen LogP contribution in [0.15, 0.2) is 12.1 Å². The summed E-state index contributed by atoms with van der Waals surface area (Å²) in [5.41, 5.74) is 4.71. The van der Waals surface area contributed by atoms with Crippen LogP contribution in [0.2, 0.25) is 0 Å². The molecule has 0 aliphatic carbocycles. The maximum absolute atomic E-state index is 5.71. The molecule has 2 heterocycles. The van der Waals surface area contributed by atoms with E-state index in [-0.39, 0.29) is 6.10 Å². The molecule has 1 aliphatic heterocycles. The molecule has 0 bridgehead atoms.